The number of nitro groups is 1. The molecule has 9 nitrogen and oxygen atoms in total. The molecule has 0 aromatic heterocycles. The summed E-state index contributed by atoms with van der Waals surface area (Å²) in [5.41, 5.74) is 1.91. The van der Waals surface area contributed by atoms with Gasteiger partial charge in [0.1, 0.15) is 5.70 Å². The molecular formula is C20H19N3O6. The number of ether oxygens (including phenoxy) is 1. The van der Waals surface area contributed by atoms with Crippen molar-refractivity contribution in [2.75, 3.05) is 32.1 Å². The Balaban J connectivity index is 1.88. The molecule has 0 radical (unpaired) electrons. The lowest BCUT2D eigenvalue weighted by Crippen LogP contribution is -2.31. The summed E-state index contributed by atoms with van der Waals surface area (Å²) < 4.78 is 4.75. The van der Waals surface area contributed by atoms with Gasteiger partial charge in [0, 0.05) is 18.3 Å². The number of esters is 1. The van der Waals surface area contributed by atoms with Crippen LogP contribution in [0.3, 0.4) is 0 Å². The van der Waals surface area contributed by atoms with Gasteiger partial charge < -0.3 is 20.1 Å². The van der Waals surface area contributed by atoms with E-state index in [0.717, 1.165) is 0 Å². The summed E-state index contributed by atoms with van der Waals surface area (Å²) in [6.07, 6.45) is 0. The average Bonchev–Trinajstić information content (AvgIpc) is 3.04. The van der Waals surface area contributed by atoms with E-state index in [1.165, 1.54) is 18.1 Å². The summed E-state index contributed by atoms with van der Waals surface area (Å²) in [4.78, 5) is 36.7. The molecule has 1 heterocycles. The van der Waals surface area contributed by atoms with Gasteiger partial charge in [0.2, 0.25) is 0 Å². The highest BCUT2D eigenvalue weighted by atomic mass is 16.6. The lowest BCUT2D eigenvalue weighted by Gasteiger charge is -2.15. The second-order valence-corrected chi connectivity index (χ2v) is 6.27. The van der Waals surface area contributed by atoms with Crippen LogP contribution in [0.5, 0.6) is 0 Å². The zero-order chi connectivity index (χ0) is 21.0. The summed E-state index contributed by atoms with van der Waals surface area (Å²) >= 11 is 0. The van der Waals surface area contributed by atoms with E-state index in [-0.39, 0.29) is 36.7 Å². The number of aliphatic hydroxyl groups excluding tert-OH is 1. The summed E-state index contributed by atoms with van der Waals surface area (Å²) in [6.45, 7) is -0.0815. The summed E-state index contributed by atoms with van der Waals surface area (Å²) in [5.74, 6) is -1.04. The molecule has 9 heteroatoms. The molecule has 0 saturated carbocycles. The fourth-order valence-corrected chi connectivity index (χ4v) is 3.10. The Morgan fingerprint density at radius 2 is 1.93 bits per heavy atom. The van der Waals surface area contributed by atoms with Crippen LogP contribution in [0.1, 0.15) is 0 Å². The fraction of sp³-hybridized carbons (Fsp3) is 0.200. The number of aliphatic hydroxyl groups is 1. The fourth-order valence-electron chi connectivity index (χ4n) is 3.10. The van der Waals surface area contributed by atoms with E-state index >= 15 is 0 Å². The van der Waals surface area contributed by atoms with Crippen LogP contribution in [-0.4, -0.2) is 53.6 Å². The highest BCUT2D eigenvalue weighted by Gasteiger charge is 2.34. The van der Waals surface area contributed by atoms with Crippen LogP contribution in [0.4, 0.5) is 11.4 Å². The zero-order valence-electron chi connectivity index (χ0n) is 15.6. The number of para-hydroxylation sites is 1. The molecule has 1 aliphatic rings. The predicted molar refractivity (Wildman–Crippen MR) is 105 cm³/mol. The second kappa shape index (κ2) is 8.53. The first-order valence-electron chi connectivity index (χ1n) is 8.78. The van der Waals surface area contributed by atoms with Crippen LogP contribution in [-0.2, 0) is 14.3 Å². The highest BCUT2D eigenvalue weighted by molar-refractivity contribution is 6.08. The number of β-amino-alcohol motifs (C(OH)–C–C–N with tert-alkyl or cyclic N) is 1. The number of rotatable bonds is 7. The van der Waals surface area contributed by atoms with E-state index in [0.29, 0.717) is 16.8 Å². The maximum atomic E-state index is 12.6. The lowest BCUT2D eigenvalue weighted by atomic mass is 10.0. The smallest absolute Gasteiger partial charge is 0.337 e. The van der Waals surface area contributed by atoms with Crippen LogP contribution < -0.4 is 5.32 Å². The molecule has 0 saturated heterocycles. The van der Waals surface area contributed by atoms with E-state index in [9.17, 15) is 19.7 Å². The van der Waals surface area contributed by atoms with Crippen molar-refractivity contribution in [3.63, 3.8) is 0 Å². The van der Waals surface area contributed by atoms with Gasteiger partial charge in [0.05, 0.1) is 36.3 Å². The van der Waals surface area contributed by atoms with Gasteiger partial charge >= 0.3 is 5.97 Å². The Hall–Kier alpha value is -3.72. The predicted octanol–water partition coefficient (Wildman–Crippen LogP) is 1.94. The van der Waals surface area contributed by atoms with E-state index in [1.54, 1.807) is 42.5 Å². The number of methoxy groups -OCH3 is 1. The Morgan fingerprint density at radius 3 is 2.55 bits per heavy atom. The minimum atomic E-state index is -0.627. The molecule has 1 aliphatic heterocycles. The summed E-state index contributed by atoms with van der Waals surface area (Å²) in [6, 6.07) is 13.1. The molecule has 150 valence electrons. The molecular weight excluding hydrogens is 378 g/mol. The Bertz CT molecular complexity index is 984. The zero-order valence-corrected chi connectivity index (χ0v) is 15.6. The number of benzene rings is 2. The maximum absolute atomic E-state index is 12.6. The normalized spacial score (nSPS) is 13.6. The monoisotopic (exact) mass is 397 g/mol. The molecule has 2 N–H and O–H groups in total. The third-order valence-electron chi connectivity index (χ3n) is 4.52. The highest BCUT2D eigenvalue weighted by Crippen LogP contribution is 2.31. The Kier molecular flexibility index (Phi) is 5.89. The molecule has 0 fully saturated rings. The number of hydrogen-bond acceptors (Lipinski definition) is 7. The van der Waals surface area contributed by atoms with E-state index < -0.39 is 16.8 Å². The van der Waals surface area contributed by atoms with Gasteiger partial charge in [-0.2, -0.15) is 0 Å². The van der Waals surface area contributed by atoms with Gasteiger partial charge in [-0.25, -0.2) is 4.79 Å². The number of amides is 1. The number of carbonyl (C=O) groups is 2. The first kappa shape index (κ1) is 20.0. The molecule has 2 aromatic rings. The number of anilines is 1. The van der Waals surface area contributed by atoms with Crippen molar-refractivity contribution in [1.82, 2.24) is 4.90 Å². The van der Waals surface area contributed by atoms with Crippen molar-refractivity contribution in [3.05, 3.63) is 69.9 Å². The summed E-state index contributed by atoms with van der Waals surface area (Å²) in [5, 5.41) is 23.3. The van der Waals surface area contributed by atoms with Crippen molar-refractivity contribution >= 4 is 23.3 Å². The largest absolute Gasteiger partial charge is 0.466 e. The van der Waals surface area contributed by atoms with Crippen LogP contribution in [0.25, 0.3) is 11.1 Å². The number of hydrogen-bond donors (Lipinski definition) is 2. The topological polar surface area (TPSA) is 122 Å². The van der Waals surface area contributed by atoms with Crippen LogP contribution in [0, 0.1) is 10.1 Å². The molecule has 2 aromatic carbocycles. The van der Waals surface area contributed by atoms with Gasteiger partial charge in [-0.1, -0.05) is 24.3 Å². The van der Waals surface area contributed by atoms with E-state index in [2.05, 4.69) is 5.32 Å². The first-order valence-corrected chi connectivity index (χ1v) is 8.78. The third kappa shape index (κ3) is 4.09. The molecule has 29 heavy (non-hydrogen) atoms. The summed E-state index contributed by atoms with van der Waals surface area (Å²) in [7, 11) is 1.23. The quantitative estimate of drug-likeness (QED) is 0.416. The molecule has 0 unspecified atom stereocenters. The molecule has 0 aliphatic carbocycles. The van der Waals surface area contributed by atoms with Crippen molar-refractivity contribution in [2.24, 2.45) is 0 Å². The molecule has 0 spiro atoms. The third-order valence-corrected chi connectivity index (χ3v) is 4.52. The lowest BCUT2D eigenvalue weighted by molar-refractivity contribution is -0.384. The molecule has 3 rings (SSSR count). The van der Waals surface area contributed by atoms with Crippen LogP contribution in [0.15, 0.2) is 59.8 Å². The molecule has 1 amide bonds. The number of nitrogens with one attached hydrogen (secondary N) is 1. The minimum absolute atomic E-state index is 0.00508. The second-order valence-electron chi connectivity index (χ2n) is 6.27. The van der Waals surface area contributed by atoms with Crippen molar-refractivity contribution in [2.45, 2.75) is 0 Å². The number of carbonyl (C=O) groups excluding carboxylic acids is 2. The van der Waals surface area contributed by atoms with E-state index in [4.69, 9.17) is 9.84 Å². The number of nitro benzene ring substituents is 1. The first-order chi connectivity index (χ1) is 14.0. The van der Waals surface area contributed by atoms with Crippen LogP contribution in [0.2, 0.25) is 0 Å². The standard InChI is InChI=1S/C20H19N3O6/c1-29-20(26)16-12-22(10-11-24)19(25)18(16)21-14-8-6-13(7-9-14)15-4-2-3-5-17(15)23(27)28/h2-9,21,24H,10-12H2,1H3. The maximum Gasteiger partial charge on any atom is 0.337 e. The average molecular weight is 397 g/mol. The van der Waals surface area contributed by atoms with Crippen molar-refractivity contribution < 1.29 is 24.4 Å². The van der Waals surface area contributed by atoms with Gasteiger partial charge in [0.15, 0.2) is 0 Å². The van der Waals surface area contributed by atoms with Crippen LogP contribution >= 0.6 is 0 Å². The molecule has 0 atom stereocenters. The van der Waals surface area contributed by atoms with Gasteiger partial charge in [0.25, 0.3) is 11.6 Å². The van der Waals surface area contributed by atoms with Gasteiger partial charge in [-0.3, -0.25) is 14.9 Å². The van der Waals surface area contributed by atoms with Crippen molar-refractivity contribution in [1.29, 1.82) is 0 Å². The number of nitrogens with zero attached hydrogens (tertiary/aromatic N) is 2. The minimum Gasteiger partial charge on any atom is -0.466 e. The van der Waals surface area contributed by atoms with Crippen molar-refractivity contribution in [3.8, 4) is 11.1 Å². The van der Waals surface area contributed by atoms with E-state index in [1.807, 2.05) is 0 Å². The Morgan fingerprint density at radius 1 is 1.24 bits per heavy atom. The molecule has 0 bridgehead atoms. The SMILES string of the molecule is COC(=O)C1=C(Nc2ccc(-c3ccccc3[N+](=O)[O-])cc2)C(=O)N(CCO)C1. The van der Waals surface area contributed by atoms with Gasteiger partial charge in [-0.05, 0) is 23.8 Å². The Labute approximate surface area is 166 Å². The van der Waals surface area contributed by atoms with Gasteiger partial charge in [-0.15, -0.1) is 0 Å².